The van der Waals surface area contributed by atoms with E-state index in [1.807, 2.05) is 0 Å². The lowest BCUT2D eigenvalue weighted by molar-refractivity contribution is 0.330. The van der Waals surface area contributed by atoms with E-state index < -0.39 is 17.5 Å². The molecule has 1 aromatic carbocycles. The van der Waals surface area contributed by atoms with Gasteiger partial charge in [0.25, 0.3) is 0 Å². The highest BCUT2D eigenvalue weighted by atomic mass is 19.2. The van der Waals surface area contributed by atoms with Crippen LogP contribution in [0.3, 0.4) is 0 Å². The van der Waals surface area contributed by atoms with Gasteiger partial charge in [-0.25, -0.2) is 13.2 Å². The summed E-state index contributed by atoms with van der Waals surface area (Å²) < 4.78 is 39.1. The quantitative estimate of drug-likeness (QED) is 0.632. The van der Waals surface area contributed by atoms with Crippen LogP contribution in [0.25, 0.3) is 0 Å². The van der Waals surface area contributed by atoms with Gasteiger partial charge in [-0.1, -0.05) is 6.07 Å². The van der Waals surface area contributed by atoms with Crippen LogP contribution in [0.1, 0.15) is 24.8 Å². The predicted molar refractivity (Wildman–Crippen MR) is 68.3 cm³/mol. The maximum Gasteiger partial charge on any atom is 0.194 e. The Labute approximate surface area is 111 Å². The maximum absolute atomic E-state index is 13.4. The average Bonchev–Trinajstić information content (AvgIpc) is 2.91. The van der Waals surface area contributed by atoms with E-state index in [0.717, 1.165) is 38.7 Å². The lowest BCUT2D eigenvalue weighted by atomic mass is 10.2. The first-order valence-corrected chi connectivity index (χ1v) is 6.74. The molecule has 1 aliphatic heterocycles. The van der Waals surface area contributed by atoms with Crippen molar-refractivity contribution in [1.29, 1.82) is 0 Å². The van der Waals surface area contributed by atoms with Crippen molar-refractivity contribution in [1.82, 2.24) is 10.2 Å². The van der Waals surface area contributed by atoms with Gasteiger partial charge in [0.1, 0.15) is 0 Å². The van der Waals surface area contributed by atoms with Gasteiger partial charge in [0.15, 0.2) is 17.5 Å². The molecule has 0 saturated carbocycles. The molecule has 5 heteroatoms. The number of nitrogens with zero attached hydrogens (tertiary/aromatic N) is 1. The molecule has 1 aliphatic rings. The molecule has 2 rings (SSSR count). The number of hydrogen-bond acceptors (Lipinski definition) is 2. The summed E-state index contributed by atoms with van der Waals surface area (Å²) >= 11 is 0. The summed E-state index contributed by atoms with van der Waals surface area (Å²) in [5.41, 5.74) is 0.167. The Morgan fingerprint density at radius 1 is 1.05 bits per heavy atom. The van der Waals surface area contributed by atoms with Crippen molar-refractivity contribution in [3.63, 3.8) is 0 Å². The van der Waals surface area contributed by atoms with Gasteiger partial charge >= 0.3 is 0 Å². The molecule has 2 nitrogen and oxygen atoms in total. The number of hydrogen-bond donors (Lipinski definition) is 1. The van der Waals surface area contributed by atoms with Crippen LogP contribution in [0.15, 0.2) is 12.1 Å². The standard InChI is InChI=1S/C14H19F3N2/c15-12-5-4-11(13(16)14(12)17)10-18-6-3-9-19-7-1-2-8-19/h4-5,18H,1-3,6-10H2. The van der Waals surface area contributed by atoms with Gasteiger partial charge in [-0.15, -0.1) is 0 Å². The molecule has 0 bridgehead atoms. The van der Waals surface area contributed by atoms with Crippen molar-refractivity contribution in [2.45, 2.75) is 25.8 Å². The first-order chi connectivity index (χ1) is 9.18. The number of rotatable bonds is 6. The second-order valence-electron chi connectivity index (χ2n) is 4.91. The third-order valence-corrected chi connectivity index (χ3v) is 3.46. The second kappa shape index (κ2) is 6.91. The van der Waals surface area contributed by atoms with Crippen LogP contribution in [0.2, 0.25) is 0 Å². The molecule has 0 atom stereocenters. The van der Waals surface area contributed by atoms with Crippen LogP contribution in [-0.4, -0.2) is 31.1 Å². The summed E-state index contributed by atoms with van der Waals surface area (Å²) in [6.45, 7) is 4.33. The molecule has 0 aromatic heterocycles. The minimum absolute atomic E-state index is 0.167. The number of benzene rings is 1. The molecule has 0 unspecified atom stereocenters. The van der Waals surface area contributed by atoms with Crippen LogP contribution in [0, 0.1) is 17.5 Å². The Hall–Kier alpha value is -1.07. The number of likely N-dealkylation sites (tertiary alicyclic amines) is 1. The van der Waals surface area contributed by atoms with Crippen molar-refractivity contribution in [2.75, 3.05) is 26.2 Å². The third kappa shape index (κ3) is 3.94. The summed E-state index contributed by atoms with van der Waals surface area (Å²) in [5.74, 6) is -3.63. The monoisotopic (exact) mass is 272 g/mol. The molecule has 19 heavy (non-hydrogen) atoms. The zero-order valence-corrected chi connectivity index (χ0v) is 10.9. The molecule has 0 radical (unpaired) electrons. The third-order valence-electron chi connectivity index (χ3n) is 3.46. The Kier molecular flexibility index (Phi) is 5.22. The molecule has 106 valence electrons. The smallest absolute Gasteiger partial charge is 0.194 e. The topological polar surface area (TPSA) is 15.3 Å². The van der Waals surface area contributed by atoms with Crippen molar-refractivity contribution in [2.24, 2.45) is 0 Å². The van der Waals surface area contributed by atoms with Gasteiger partial charge in [-0.2, -0.15) is 0 Å². The minimum atomic E-state index is -1.39. The molecular formula is C14H19F3N2. The van der Waals surface area contributed by atoms with Gasteiger partial charge in [0, 0.05) is 12.1 Å². The number of nitrogens with one attached hydrogen (secondary N) is 1. The van der Waals surface area contributed by atoms with Gasteiger partial charge in [-0.3, -0.25) is 0 Å². The summed E-state index contributed by atoms with van der Waals surface area (Å²) in [4.78, 5) is 2.40. The fourth-order valence-electron chi connectivity index (χ4n) is 2.36. The Morgan fingerprint density at radius 2 is 1.79 bits per heavy atom. The highest BCUT2D eigenvalue weighted by Gasteiger charge is 2.13. The van der Waals surface area contributed by atoms with Crippen molar-refractivity contribution < 1.29 is 13.2 Å². The first-order valence-electron chi connectivity index (χ1n) is 6.74. The van der Waals surface area contributed by atoms with E-state index in [-0.39, 0.29) is 12.1 Å². The molecule has 1 fully saturated rings. The summed E-state index contributed by atoms with van der Waals surface area (Å²) in [6.07, 6.45) is 3.52. The molecule has 1 saturated heterocycles. The zero-order valence-electron chi connectivity index (χ0n) is 10.9. The van der Waals surface area contributed by atoms with Crippen LogP contribution < -0.4 is 5.32 Å². The van der Waals surface area contributed by atoms with E-state index in [4.69, 9.17) is 0 Å². The van der Waals surface area contributed by atoms with E-state index in [1.165, 1.54) is 18.9 Å². The Morgan fingerprint density at radius 3 is 2.53 bits per heavy atom. The summed E-state index contributed by atoms with van der Waals surface area (Å²) in [5, 5.41) is 3.06. The summed E-state index contributed by atoms with van der Waals surface area (Å²) in [6, 6.07) is 2.24. The zero-order chi connectivity index (χ0) is 13.7. The van der Waals surface area contributed by atoms with Crippen LogP contribution in [-0.2, 0) is 6.54 Å². The predicted octanol–water partition coefficient (Wildman–Crippen LogP) is 2.68. The molecule has 1 N–H and O–H groups in total. The Balaban J connectivity index is 1.69. The van der Waals surface area contributed by atoms with E-state index >= 15 is 0 Å². The molecule has 0 spiro atoms. The lowest BCUT2D eigenvalue weighted by Crippen LogP contribution is -2.25. The SMILES string of the molecule is Fc1ccc(CNCCCN2CCCC2)c(F)c1F. The van der Waals surface area contributed by atoms with Crippen LogP contribution in [0.5, 0.6) is 0 Å². The van der Waals surface area contributed by atoms with Crippen molar-refractivity contribution >= 4 is 0 Å². The van der Waals surface area contributed by atoms with Crippen molar-refractivity contribution in [3.05, 3.63) is 35.1 Å². The van der Waals surface area contributed by atoms with Gasteiger partial charge in [-0.05, 0) is 51.5 Å². The fourth-order valence-corrected chi connectivity index (χ4v) is 2.36. The minimum Gasteiger partial charge on any atom is -0.313 e. The molecule has 0 amide bonds. The maximum atomic E-state index is 13.4. The van der Waals surface area contributed by atoms with Crippen LogP contribution >= 0.6 is 0 Å². The van der Waals surface area contributed by atoms with Gasteiger partial charge in [0.05, 0.1) is 0 Å². The second-order valence-corrected chi connectivity index (χ2v) is 4.91. The van der Waals surface area contributed by atoms with E-state index in [0.29, 0.717) is 0 Å². The Bertz CT molecular complexity index is 417. The molecule has 0 aliphatic carbocycles. The first kappa shape index (κ1) is 14.3. The molecular weight excluding hydrogens is 253 g/mol. The number of halogens is 3. The van der Waals surface area contributed by atoms with Crippen LogP contribution in [0.4, 0.5) is 13.2 Å². The van der Waals surface area contributed by atoms with Gasteiger partial charge < -0.3 is 10.2 Å². The largest absolute Gasteiger partial charge is 0.313 e. The summed E-state index contributed by atoms with van der Waals surface area (Å²) in [7, 11) is 0. The van der Waals surface area contributed by atoms with Gasteiger partial charge in [0.2, 0.25) is 0 Å². The highest BCUT2D eigenvalue weighted by Crippen LogP contribution is 2.14. The fraction of sp³-hybridized carbons (Fsp3) is 0.571. The highest BCUT2D eigenvalue weighted by molar-refractivity contribution is 5.20. The van der Waals surface area contributed by atoms with E-state index in [1.54, 1.807) is 0 Å². The van der Waals surface area contributed by atoms with E-state index in [9.17, 15) is 13.2 Å². The molecule has 1 aromatic rings. The lowest BCUT2D eigenvalue weighted by Gasteiger charge is -2.14. The normalized spacial score (nSPS) is 16.2. The average molecular weight is 272 g/mol. The molecule has 1 heterocycles. The van der Waals surface area contributed by atoms with Crippen molar-refractivity contribution in [3.8, 4) is 0 Å². The van der Waals surface area contributed by atoms with E-state index in [2.05, 4.69) is 10.2 Å².